The largest absolute Gasteiger partial charge is 0.322 e. The van der Waals surface area contributed by atoms with Crippen LogP contribution in [0.1, 0.15) is 17.4 Å². The Morgan fingerprint density at radius 3 is 2.69 bits per heavy atom. The van der Waals surface area contributed by atoms with E-state index in [0.29, 0.717) is 6.42 Å². The molecule has 2 aromatic heterocycles. The van der Waals surface area contributed by atoms with Gasteiger partial charge in [-0.2, -0.15) is 0 Å². The highest BCUT2D eigenvalue weighted by Gasteiger charge is 2.08. The molecule has 0 saturated carbocycles. The van der Waals surface area contributed by atoms with Crippen LogP contribution in [0.25, 0.3) is 0 Å². The summed E-state index contributed by atoms with van der Waals surface area (Å²) in [7, 11) is 0. The van der Waals surface area contributed by atoms with Crippen molar-refractivity contribution in [2.24, 2.45) is 5.73 Å². The van der Waals surface area contributed by atoms with Crippen LogP contribution in [0.2, 0.25) is 0 Å². The standard InChI is InChI=1S/C12H12BrN3/c13-9-4-5-10(16-8-9)7-11(14)12-3-1-2-6-15-12/h1-6,8,11H,7,14H2. The highest BCUT2D eigenvalue weighted by atomic mass is 79.9. The highest BCUT2D eigenvalue weighted by molar-refractivity contribution is 9.10. The summed E-state index contributed by atoms with van der Waals surface area (Å²) in [5, 5.41) is 0. The second-order valence-electron chi connectivity index (χ2n) is 3.53. The molecule has 2 heterocycles. The van der Waals surface area contributed by atoms with Gasteiger partial charge in [0.2, 0.25) is 0 Å². The molecule has 0 aliphatic carbocycles. The van der Waals surface area contributed by atoms with Gasteiger partial charge in [0.05, 0.1) is 11.7 Å². The number of halogens is 1. The number of hydrogen-bond acceptors (Lipinski definition) is 3. The Balaban J connectivity index is 2.08. The van der Waals surface area contributed by atoms with Crippen molar-refractivity contribution in [3.05, 3.63) is 58.6 Å². The van der Waals surface area contributed by atoms with Crippen LogP contribution in [0.5, 0.6) is 0 Å². The van der Waals surface area contributed by atoms with E-state index in [2.05, 4.69) is 25.9 Å². The summed E-state index contributed by atoms with van der Waals surface area (Å²) in [4.78, 5) is 8.52. The van der Waals surface area contributed by atoms with Crippen molar-refractivity contribution in [1.82, 2.24) is 9.97 Å². The third-order valence-electron chi connectivity index (χ3n) is 2.29. The van der Waals surface area contributed by atoms with E-state index < -0.39 is 0 Å². The minimum Gasteiger partial charge on any atom is -0.322 e. The molecule has 0 radical (unpaired) electrons. The lowest BCUT2D eigenvalue weighted by Crippen LogP contribution is -2.15. The van der Waals surface area contributed by atoms with E-state index in [4.69, 9.17) is 5.73 Å². The van der Waals surface area contributed by atoms with Crippen molar-refractivity contribution in [2.75, 3.05) is 0 Å². The summed E-state index contributed by atoms with van der Waals surface area (Å²) >= 11 is 3.35. The average molecular weight is 278 g/mol. The van der Waals surface area contributed by atoms with Gasteiger partial charge in [-0.05, 0) is 40.2 Å². The van der Waals surface area contributed by atoms with Crippen LogP contribution < -0.4 is 5.73 Å². The molecule has 2 aromatic rings. The van der Waals surface area contributed by atoms with Crippen LogP contribution in [0, 0.1) is 0 Å². The fourth-order valence-electron chi connectivity index (χ4n) is 1.45. The molecule has 2 N–H and O–H groups in total. The predicted molar refractivity (Wildman–Crippen MR) is 66.8 cm³/mol. The third-order valence-corrected chi connectivity index (χ3v) is 2.75. The highest BCUT2D eigenvalue weighted by Crippen LogP contribution is 2.14. The molecule has 1 unspecified atom stereocenters. The summed E-state index contributed by atoms with van der Waals surface area (Å²) in [5.41, 5.74) is 7.92. The molecule has 0 amide bonds. The second-order valence-corrected chi connectivity index (χ2v) is 4.45. The van der Waals surface area contributed by atoms with E-state index in [1.807, 2.05) is 30.3 Å². The molecule has 0 bridgehead atoms. The van der Waals surface area contributed by atoms with E-state index in [1.54, 1.807) is 12.4 Å². The average Bonchev–Trinajstić information content (AvgIpc) is 2.33. The zero-order valence-corrected chi connectivity index (χ0v) is 10.3. The van der Waals surface area contributed by atoms with E-state index >= 15 is 0 Å². The number of hydrogen-bond donors (Lipinski definition) is 1. The molecular formula is C12H12BrN3. The Bertz CT molecular complexity index is 442. The number of pyridine rings is 2. The Labute approximate surface area is 103 Å². The van der Waals surface area contributed by atoms with Gasteiger partial charge in [0.25, 0.3) is 0 Å². The molecule has 1 atom stereocenters. The topological polar surface area (TPSA) is 51.8 Å². The lowest BCUT2D eigenvalue weighted by atomic mass is 10.1. The van der Waals surface area contributed by atoms with Gasteiger partial charge in [-0.15, -0.1) is 0 Å². The zero-order chi connectivity index (χ0) is 11.4. The molecule has 0 spiro atoms. The smallest absolute Gasteiger partial charge is 0.0574 e. The minimum absolute atomic E-state index is 0.102. The molecule has 0 aromatic carbocycles. The van der Waals surface area contributed by atoms with Crippen LogP contribution in [0.3, 0.4) is 0 Å². The fraction of sp³-hybridized carbons (Fsp3) is 0.167. The van der Waals surface area contributed by atoms with Gasteiger partial charge in [-0.1, -0.05) is 6.07 Å². The van der Waals surface area contributed by atoms with Gasteiger partial charge in [-0.25, -0.2) is 0 Å². The monoisotopic (exact) mass is 277 g/mol. The second kappa shape index (κ2) is 5.18. The third kappa shape index (κ3) is 2.87. The fourth-order valence-corrected chi connectivity index (χ4v) is 1.69. The van der Waals surface area contributed by atoms with Crippen molar-refractivity contribution >= 4 is 15.9 Å². The van der Waals surface area contributed by atoms with Gasteiger partial charge in [0.15, 0.2) is 0 Å². The molecule has 0 saturated heterocycles. The predicted octanol–water partition coefficient (Wildman–Crippen LogP) is 2.48. The van der Waals surface area contributed by atoms with Crippen molar-refractivity contribution in [2.45, 2.75) is 12.5 Å². The van der Waals surface area contributed by atoms with E-state index in [1.165, 1.54) is 0 Å². The molecule has 2 rings (SSSR count). The lowest BCUT2D eigenvalue weighted by molar-refractivity contribution is 0.683. The van der Waals surface area contributed by atoms with Gasteiger partial charge >= 0.3 is 0 Å². The molecule has 4 heteroatoms. The van der Waals surface area contributed by atoms with Crippen LogP contribution >= 0.6 is 15.9 Å². The van der Waals surface area contributed by atoms with Crippen LogP contribution in [-0.4, -0.2) is 9.97 Å². The van der Waals surface area contributed by atoms with Gasteiger partial charge in [0.1, 0.15) is 0 Å². The summed E-state index contributed by atoms with van der Waals surface area (Å²) in [5.74, 6) is 0. The van der Waals surface area contributed by atoms with Crippen molar-refractivity contribution < 1.29 is 0 Å². The Morgan fingerprint density at radius 1 is 1.19 bits per heavy atom. The molecule has 0 aliphatic rings. The number of aromatic nitrogens is 2. The van der Waals surface area contributed by atoms with E-state index in [-0.39, 0.29) is 6.04 Å². The maximum Gasteiger partial charge on any atom is 0.0574 e. The molecule has 3 nitrogen and oxygen atoms in total. The van der Waals surface area contributed by atoms with Crippen LogP contribution in [0.15, 0.2) is 47.2 Å². The molecule has 0 aliphatic heterocycles. The molecule has 82 valence electrons. The van der Waals surface area contributed by atoms with E-state index in [9.17, 15) is 0 Å². The van der Waals surface area contributed by atoms with E-state index in [0.717, 1.165) is 15.9 Å². The summed E-state index contributed by atoms with van der Waals surface area (Å²) < 4.78 is 0.975. The van der Waals surface area contributed by atoms with Crippen LogP contribution in [-0.2, 0) is 6.42 Å². The maximum atomic E-state index is 6.05. The Morgan fingerprint density at radius 2 is 2.06 bits per heavy atom. The van der Waals surface area contributed by atoms with Gasteiger partial charge in [0, 0.05) is 29.0 Å². The minimum atomic E-state index is -0.102. The Kier molecular flexibility index (Phi) is 3.64. The summed E-state index contributed by atoms with van der Waals surface area (Å²) in [6, 6.07) is 9.59. The number of rotatable bonds is 3. The first-order valence-electron chi connectivity index (χ1n) is 5.02. The SMILES string of the molecule is NC(Cc1ccc(Br)cn1)c1ccccn1. The normalized spacial score (nSPS) is 12.4. The number of nitrogens with two attached hydrogens (primary N) is 1. The molecule has 16 heavy (non-hydrogen) atoms. The Hall–Kier alpha value is -1.26. The van der Waals surface area contributed by atoms with Crippen molar-refractivity contribution in [3.63, 3.8) is 0 Å². The van der Waals surface area contributed by atoms with Gasteiger partial charge in [-0.3, -0.25) is 9.97 Å². The summed E-state index contributed by atoms with van der Waals surface area (Å²) in [6.45, 7) is 0. The molecular weight excluding hydrogens is 266 g/mol. The van der Waals surface area contributed by atoms with Gasteiger partial charge < -0.3 is 5.73 Å². The number of nitrogens with zero attached hydrogens (tertiary/aromatic N) is 2. The molecule has 0 fully saturated rings. The maximum absolute atomic E-state index is 6.05. The first-order chi connectivity index (χ1) is 7.75. The zero-order valence-electron chi connectivity index (χ0n) is 8.68. The lowest BCUT2D eigenvalue weighted by Gasteiger charge is -2.10. The quantitative estimate of drug-likeness (QED) is 0.938. The van der Waals surface area contributed by atoms with Crippen molar-refractivity contribution in [3.8, 4) is 0 Å². The first kappa shape index (κ1) is 11.2. The van der Waals surface area contributed by atoms with Crippen molar-refractivity contribution in [1.29, 1.82) is 0 Å². The van der Waals surface area contributed by atoms with Crippen LogP contribution in [0.4, 0.5) is 0 Å². The summed E-state index contributed by atoms with van der Waals surface area (Å²) in [6.07, 6.45) is 4.23. The first-order valence-corrected chi connectivity index (χ1v) is 5.82.